The number of carbonyl (C=O) groups excluding carboxylic acids is 1. The second-order valence-electron chi connectivity index (χ2n) is 6.64. The van der Waals surface area contributed by atoms with Gasteiger partial charge in [-0.25, -0.2) is 22.0 Å². The summed E-state index contributed by atoms with van der Waals surface area (Å²) in [5.74, 6) is -1.89. The van der Waals surface area contributed by atoms with Gasteiger partial charge in [0, 0.05) is 19.6 Å². The van der Waals surface area contributed by atoms with Crippen LogP contribution in [-0.2, 0) is 16.6 Å². The molecule has 1 fully saturated rings. The lowest BCUT2D eigenvalue weighted by Gasteiger charge is -2.28. The second-order valence-corrected chi connectivity index (χ2v) is 8.51. The molecule has 2 aromatic rings. The molecule has 1 saturated heterocycles. The molecule has 0 unspecified atom stereocenters. The molecule has 0 bridgehead atoms. The quantitative estimate of drug-likeness (QED) is 0.685. The molecule has 0 aromatic heterocycles. The Morgan fingerprint density at radius 3 is 2.24 bits per heavy atom. The van der Waals surface area contributed by atoms with E-state index in [2.05, 4.69) is 10.6 Å². The van der Waals surface area contributed by atoms with Gasteiger partial charge >= 0.3 is 6.03 Å². The fourth-order valence-corrected chi connectivity index (χ4v) is 5.14. The van der Waals surface area contributed by atoms with Crippen molar-refractivity contribution in [3.05, 3.63) is 53.6 Å². The molecule has 1 aliphatic rings. The number of hydrogen-bond acceptors (Lipinski definition) is 4. The SMILES string of the molecule is NCc1cccc(NC(=O)Nc2c(F)cccc2F)c1S(=O)(=O)N1CCCCC1. The van der Waals surface area contributed by atoms with Gasteiger partial charge < -0.3 is 16.4 Å². The average Bonchev–Trinajstić information content (AvgIpc) is 2.71. The molecule has 0 saturated carbocycles. The van der Waals surface area contributed by atoms with Gasteiger partial charge in [-0.1, -0.05) is 24.6 Å². The van der Waals surface area contributed by atoms with Crippen LogP contribution in [0, 0.1) is 11.6 Å². The highest BCUT2D eigenvalue weighted by atomic mass is 32.2. The minimum Gasteiger partial charge on any atom is -0.326 e. The maximum atomic E-state index is 13.8. The number of nitrogens with two attached hydrogens (primary N) is 1. The third-order valence-electron chi connectivity index (χ3n) is 4.68. The lowest BCUT2D eigenvalue weighted by molar-refractivity contribution is 0.262. The van der Waals surface area contributed by atoms with Crippen molar-refractivity contribution in [3.63, 3.8) is 0 Å². The maximum absolute atomic E-state index is 13.8. The Morgan fingerprint density at radius 1 is 1.00 bits per heavy atom. The summed E-state index contributed by atoms with van der Waals surface area (Å²) in [6.07, 6.45) is 2.45. The summed E-state index contributed by atoms with van der Waals surface area (Å²) < 4.78 is 55.4. The topological polar surface area (TPSA) is 105 Å². The number of para-hydroxylation sites is 1. The first-order valence-corrected chi connectivity index (χ1v) is 10.6. The molecule has 10 heteroatoms. The van der Waals surface area contributed by atoms with Crippen molar-refractivity contribution in [1.82, 2.24) is 4.31 Å². The minimum absolute atomic E-state index is 0.00669. The van der Waals surface area contributed by atoms with E-state index in [1.54, 1.807) is 12.1 Å². The monoisotopic (exact) mass is 424 g/mol. The molecular weight excluding hydrogens is 402 g/mol. The molecule has 156 valence electrons. The van der Waals surface area contributed by atoms with Crippen LogP contribution in [0.1, 0.15) is 24.8 Å². The fourth-order valence-electron chi connectivity index (χ4n) is 3.27. The Labute approximate surface area is 167 Å². The molecule has 1 heterocycles. The van der Waals surface area contributed by atoms with Gasteiger partial charge in [0.1, 0.15) is 22.2 Å². The first kappa shape index (κ1) is 21.2. The zero-order valence-electron chi connectivity index (χ0n) is 15.6. The van der Waals surface area contributed by atoms with Gasteiger partial charge in [-0.2, -0.15) is 4.31 Å². The number of rotatable bonds is 5. The smallest absolute Gasteiger partial charge is 0.323 e. The molecule has 0 atom stereocenters. The summed E-state index contributed by atoms with van der Waals surface area (Å²) in [5, 5.41) is 4.47. The third kappa shape index (κ3) is 4.55. The number of amides is 2. The van der Waals surface area contributed by atoms with E-state index in [0.717, 1.165) is 31.4 Å². The summed E-state index contributed by atoms with van der Waals surface area (Å²) in [7, 11) is -3.91. The zero-order chi connectivity index (χ0) is 21.0. The number of carbonyl (C=O) groups is 1. The minimum atomic E-state index is -3.91. The Balaban J connectivity index is 1.93. The van der Waals surface area contributed by atoms with Gasteiger partial charge in [-0.15, -0.1) is 0 Å². The van der Waals surface area contributed by atoms with E-state index in [-0.39, 0.29) is 17.1 Å². The van der Waals surface area contributed by atoms with Crippen LogP contribution in [0.2, 0.25) is 0 Å². The predicted octanol–water partition coefficient (Wildman–Crippen LogP) is 3.24. The molecular formula is C19H22F2N4O3S. The van der Waals surface area contributed by atoms with Crippen molar-refractivity contribution >= 4 is 27.4 Å². The highest BCUT2D eigenvalue weighted by Gasteiger charge is 2.31. The zero-order valence-corrected chi connectivity index (χ0v) is 16.4. The third-order valence-corrected chi connectivity index (χ3v) is 6.72. The van der Waals surface area contributed by atoms with E-state index in [9.17, 15) is 22.0 Å². The van der Waals surface area contributed by atoms with Crippen molar-refractivity contribution < 1.29 is 22.0 Å². The molecule has 0 radical (unpaired) electrons. The van der Waals surface area contributed by atoms with Crippen molar-refractivity contribution in [2.45, 2.75) is 30.7 Å². The summed E-state index contributed by atoms with van der Waals surface area (Å²) in [4.78, 5) is 12.2. The average molecular weight is 424 g/mol. The maximum Gasteiger partial charge on any atom is 0.323 e. The fraction of sp³-hybridized carbons (Fsp3) is 0.316. The number of nitrogens with zero attached hydrogens (tertiary/aromatic N) is 1. The summed E-state index contributed by atoms with van der Waals surface area (Å²) >= 11 is 0. The van der Waals surface area contributed by atoms with Crippen molar-refractivity contribution in [3.8, 4) is 0 Å². The lowest BCUT2D eigenvalue weighted by atomic mass is 10.2. The molecule has 2 aromatic carbocycles. The van der Waals surface area contributed by atoms with Crippen LogP contribution in [0.5, 0.6) is 0 Å². The van der Waals surface area contributed by atoms with Gasteiger partial charge in [-0.3, -0.25) is 0 Å². The number of piperidine rings is 1. The van der Waals surface area contributed by atoms with Gasteiger partial charge in [0.2, 0.25) is 10.0 Å². The van der Waals surface area contributed by atoms with Crippen LogP contribution in [0.15, 0.2) is 41.3 Å². The van der Waals surface area contributed by atoms with E-state index in [1.807, 2.05) is 0 Å². The predicted molar refractivity (Wildman–Crippen MR) is 106 cm³/mol. The molecule has 2 amide bonds. The van der Waals surface area contributed by atoms with Crippen molar-refractivity contribution in [2.75, 3.05) is 23.7 Å². The highest BCUT2D eigenvalue weighted by Crippen LogP contribution is 2.30. The van der Waals surface area contributed by atoms with E-state index in [0.29, 0.717) is 18.7 Å². The Morgan fingerprint density at radius 2 is 1.62 bits per heavy atom. The number of urea groups is 1. The van der Waals surface area contributed by atoms with Gasteiger partial charge in [-0.05, 0) is 36.6 Å². The van der Waals surface area contributed by atoms with Crippen LogP contribution in [-0.4, -0.2) is 31.8 Å². The first-order valence-electron chi connectivity index (χ1n) is 9.18. The molecule has 0 spiro atoms. The Bertz CT molecular complexity index is 988. The van der Waals surface area contributed by atoms with Crippen molar-refractivity contribution in [2.24, 2.45) is 5.73 Å². The van der Waals surface area contributed by atoms with Crippen LogP contribution < -0.4 is 16.4 Å². The Hall–Kier alpha value is -2.56. The Kier molecular flexibility index (Phi) is 6.46. The van der Waals surface area contributed by atoms with Gasteiger partial charge in [0.05, 0.1) is 5.69 Å². The van der Waals surface area contributed by atoms with E-state index < -0.39 is 33.4 Å². The van der Waals surface area contributed by atoms with Crippen LogP contribution in [0.25, 0.3) is 0 Å². The lowest BCUT2D eigenvalue weighted by Crippen LogP contribution is -2.37. The first-order chi connectivity index (χ1) is 13.8. The number of sulfonamides is 1. The van der Waals surface area contributed by atoms with E-state index in [1.165, 1.54) is 16.4 Å². The normalized spacial score (nSPS) is 15.1. The largest absolute Gasteiger partial charge is 0.326 e. The van der Waals surface area contributed by atoms with Gasteiger partial charge in [0.25, 0.3) is 0 Å². The number of hydrogen-bond donors (Lipinski definition) is 3. The highest BCUT2D eigenvalue weighted by molar-refractivity contribution is 7.89. The molecule has 0 aliphatic carbocycles. The number of nitrogens with one attached hydrogen (secondary N) is 2. The molecule has 29 heavy (non-hydrogen) atoms. The standard InChI is InChI=1S/C19H22F2N4O3S/c20-14-7-5-8-15(21)17(14)24-19(26)23-16-9-4-6-13(12-22)18(16)29(27,28)25-10-2-1-3-11-25/h4-9H,1-3,10-12,22H2,(H2,23,24,26). The van der Waals surface area contributed by atoms with Crippen molar-refractivity contribution in [1.29, 1.82) is 0 Å². The van der Waals surface area contributed by atoms with Crippen LogP contribution in [0.4, 0.5) is 25.0 Å². The van der Waals surface area contributed by atoms with E-state index >= 15 is 0 Å². The summed E-state index contributed by atoms with van der Waals surface area (Å²) in [6.45, 7) is 0.710. The number of halogens is 2. The second kappa shape index (κ2) is 8.85. The van der Waals surface area contributed by atoms with E-state index in [4.69, 9.17) is 5.73 Å². The molecule has 3 rings (SSSR count). The summed E-state index contributed by atoms with van der Waals surface area (Å²) in [5.41, 5.74) is 5.44. The molecule has 1 aliphatic heterocycles. The van der Waals surface area contributed by atoms with Gasteiger partial charge in [0.15, 0.2) is 0 Å². The van der Waals surface area contributed by atoms with Crippen LogP contribution in [0.3, 0.4) is 0 Å². The molecule has 4 N–H and O–H groups in total. The van der Waals surface area contributed by atoms with Crippen LogP contribution >= 0.6 is 0 Å². The summed E-state index contributed by atoms with van der Waals surface area (Å²) in [6, 6.07) is 6.72. The molecule has 7 nitrogen and oxygen atoms in total. The number of anilines is 2. The number of benzene rings is 2.